The minimum absolute atomic E-state index is 0.0262. The lowest BCUT2D eigenvalue weighted by Gasteiger charge is -2.12. The lowest BCUT2D eigenvalue weighted by molar-refractivity contribution is 0.216. The first-order valence-corrected chi connectivity index (χ1v) is 6.36. The van der Waals surface area contributed by atoms with Crippen LogP contribution in [0.25, 0.3) is 0 Å². The Bertz CT molecular complexity index is 210. The van der Waals surface area contributed by atoms with Gasteiger partial charge < -0.3 is 0 Å². The van der Waals surface area contributed by atoms with Gasteiger partial charge in [0.15, 0.2) is 0 Å². The first-order valence-electron chi connectivity index (χ1n) is 5.36. The summed E-state index contributed by atoms with van der Waals surface area (Å²) < 4.78 is 20.8. The Balaban J connectivity index is 3.61. The fraction of sp³-hybridized carbons (Fsp3) is 0.818. The molecule has 0 radical (unpaired) electrons. The average molecular weight is 232 g/mol. The van der Waals surface area contributed by atoms with Crippen LogP contribution in [0, 0.1) is 18.3 Å². The molecule has 15 heavy (non-hydrogen) atoms. The molecule has 0 bridgehead atoms. The van der Waals surface area contributed by atoms with Crippen molar-refractivity contribution in [2.24, 2.45) is 5.92 Å². The summed E-state index contributed by atoms with van der Waals surface area (Å²) in [7, 11) is 0. The Labute approximate surface area is 95.4 Å². The van der Waals surface area contributed by atoms with Crippen LogP contribution < -0.4 is 0 Å². The number of hydrogen-bond acceptors (Lipinski definition) is 3. The van der Waals surface area contributed by atoms with E-state index in [4.69, 9.17) is 14.8 Å². The van der Waals surface area contributed by atoms with E-state index in [1.807, 2.05) is 0 Å². The molecule has 0 aliphatic carbocycles. The van der Waals surface area contributed by atoms with Crippen LogP contribution in [0.4, 0.5) is 0 Å². The van der Waals surface area contributed by atoms with Crippen molar-refractivity contribution < 1.29 is 12.6 Å². The standard InChI is InChI=1S/C11H20O3S/c1-4-7-8-11(6-3)10-14-15(12)13-9-5-2/h2,11H,4,6-10H2,1,3H3. The first kappa shape index (κ1) is 14.6. The van der Waals surface area contributed by atoms with Crippen molar-refractivity contribution in [2.45, 2.75) is 39.5 Å². The van der Waals surface area contributed by atoms with Gasteiger partial charge in [0, 0.05) is 0 Å². The van der Waals surface area contributed by atoms with Crippen molar-refractivity contribution in [2.75, 3.05) is 13.2 Å². The summed E-state index contributed by atoms with van der Waals surface area (Å²) in [4.78, 5) is 0. The summed E-state index contributed by atoms with van der Waals surface area (Å²) >= 11 is -1.69. The zero-order valence-corrected chi connectivity index (χ0v) is 10.3. The molecular formula is C11H20O3S. The van der Waals surface area contributed by atoms with Crippen LogP contribution in [-0.2, 0) is 19.7 Å². The molecular weight excluding hydrogens is 212 g/mol. The van der Waals surface area contributed by atoms with Gasteiger partial charge in [0.05, 0.1) is 6.61 Å². The third-order valence-corrected chi connectivity index (χ3v) is 2.82. The zero-order chi connectivity index (χ0) is 11.5. The molecule has 0 aliphatic rings. The molecule has 0 aromatic carbocycles. The van der Waals surface area contributed by atoms with E-state index in [9.17, 15) is 4.21 Å². The van der Waals surface area contributed by atoms with Crippen molar-refractivity contribution >= 4 is 11.4 Å². The van der Waals surface area contributed by atoms with Crippen LogP contribution in [0.15, 0.2) is 0 Å². The molecule has 0 heterocycles. The fourth-order valence-corrected chi connectivity index (χ4v) is 1.70. The third kappa shape index (κ3) is 8.61. The number of terminal acetylenes is 1. The van der Waals surface area contributed by atoms with E-state index in [2.05, 4.69) is 19.8 Å². The summed E-state index contributed by atoms with van der Waals surface area (Å²) in [6.45, 7) is 4.77. The molecule has 3 nitrogen and oxygen atoms in total. The van der Waals surface area contributed by atoms with E-state index in [1.54, 1.807) is 0 Å². The highest BCUT2D eigenvalue weighted by atomic mass is 32.2. The molecule has 0 saturated heterocycles. The predicted molar refractivity (Wildman–Crippen MR) is 62.2 cm³/mol. The van der Waals surface area contributed by atoms with Crippen molar-refractivity contribution in [3.8, 4) is 12.3 Å². The molecule has 88 valence electrons. The van der Waals surface area contributed by atoms with Gasteiger partial charge in [0.2, 0.25) is 0 Å². The second-order valence-corrected chi connectivity index (χ2v) is 4.25. The summed E-state index contributed by atoms with van der Waals surface area (Å²) in [6, 6.07) is 0. The summed E-state index contributed by atoms with van der Waals surface area (Å²) in [5.41, 5.74) is 0. The highest BCUT2D eigenvalue weighted by Gasteiger charge is 2.08. The van der Waals surface area contributed by atoms with E-state index in [-0.39, 0.29) is 6.61 Å². The summed E-state index contributed by atoms with van der Waals surface area (Å²) in [5.74, 6) is 2.70. The molecule has 4 heteroatoms. The van der Waals surface area contributed by atoms with Crippen LogP contribution in [0.3, 0.4) is 0 Å². The van der Waals surface area contributed by atoms with Crippen molar-refractivity contribution in [3.05, 3.63) is 0 Å². The van der Waals surface area contributed by atoms with Gasteiger partial charge in [-0.2, -0.15) is 4.21 Å². The van der Waals surface area contributed by atoms with E-state index in [0.29, 0.717) is 12.5 Å². The Morgan fingerprint density at radius 2 is 2.13 bits per heavy atom. The first-order chi connectivity index (χ1) is 7.24. The van der Waals surface area contributed by atoms with Crippen LogP contribution in [-0.4, -0.2) is 17.4 Å². The van der Waals surface area contributed by atoms with E-state index in [1.165, 1.54) is 12.8 Å². The van der Waals surface area contributed by atoms with Gasteiger partial charge in [-0.1, -0.05) is 39.0 Å². The molecule has 0 rings (SSSR count). The van der Waals surface area contributed by atoms with Gasteiger partial charge in [0.25, 0.3) is 0 Å². The molecule has 0 aromatic rings. The van der Waals surface area contributed by atoms with Gasteiger partial charge in [-0.3, -0.25) is 8.37 Å². The second-order valence-electron chi connectivity index (χ2n) is 3.37. The molecule has 0 N–H and O–H groups in total. The fourth-order valence-electron chi connectivity index (χ4n) is 1.17. The minimum atomic E-state index is -1.69. The Kier molecular flexibility index (Phi) is 9.91. The molecule has 0 saturated carbocycles. The Hall–Kier alpha value is -0.370. The Morgan fingerprint density at radius 3 is 2.67 bits per heavy atom. The maximum absolute atomic E-state index is 11.1. The maximum atomic E-state index is 11.1. The van der Waals surface area contributed by atoms with Crippen LogP contribution in [0.5, 0.6) is 0 Å². The van der Waals surface area contributed by atoms with E-state index < -0.39 is 11.4 Å². The quantitative estimate of drug-likeness (QED) is 0.573. The van der Waals surface area contributed by atoms with E-state index in [0.717, 1.165) is 12.8 Å². The molecule has 0 amide bonds. The van der Waals surface area contributed by atoms with Crippen molar-refractivity contribution in [1.82, 2.24) is 0 Å². The van der Waals surface area contributed by atoms with Crippen LogP contribution in [0.1, 0.15) is 39.5 Å². The highest BCUT2D eigenvalue weighted by Crippen LogP contribution is 2.13. The molecule has 0 fully saturated rings. The van der Waals surface area contributed by atoms with Crippen LogP contribution in [0.2, 0.25) is 0 Å². The monoisotopic (exact) mass is 232 g/mol. The molecule has 0 aliphatic heterocycles. The number of rotatable bonds is 9. The third-order valence-electron chi connectivity index (χ3n) is 2.18. The SMILES string of the molecule is C#CCOS(=O)OCC(CC)CCCC. The summed E-state index contributed by atoms with van der Waals surface area (Å²) in [6.07, 6.45) is 9.46. The topological polar surface area (TPSA) is 35.5 Å². The number of hydrogen-bond donors (Lipinski definition) is 0. The van der Waals surface area contributed by atoms with Gasteiger partial charge >= 0.3 is 11.4 Å². The number of unbranched alkanes of at least 4 members (excludes halogenated alkanes) is 1. The smallest absolute Gasteiger partial charge is 0.268 e. The van der Waals surface area contributed by atoms with Crippen molar-refractivity contribution in [1.29, 1.82) is 0 Å². The minimum Gasteiger partial charge on any atom is -0.268 e. The lowest BCUT2D eigenvalue weighted by Crippen LogP contribution is -2.12. The summed E-state index contributed by atoms with van der Waals surface area (Å²) in [5, 5.41) is 0. The van der Waals surface area contributed by atoms with Gasteiger partial charge in [-0.15, -0.1) is 6.42 Å². The molecule has 0 aromatic heterocycles. The van der Waals surface area contributed by atoms with Gasteiger partial charge in [-0.25, -0.2) is 0 Å². The van der Waals surface area contributed by atoms with E-state index >= 15 is 0 Å². The average Bonchev–Trinajstić information content (AvgIpc) is 2.26. The lowest BCUT2D eigenvalue weighted by atomic mass is 10.0. The maximum Gasteiger partial charge on any atom is 0.305 e. The largest absolute Gasteiger partial charge is 0.305 e. The second kappa shape index (κ2) is 10.2. The van der Waals surface area contributed by atoms with Crippen molar-refractivity contribution in [3.63, 3.8) is 0 Å². The van der Waals surface area contributed by atoms with Crippen LogP contribution >= 0.6 is 0 Å². The normalized spacial score (nSPS) is 14.5. The Morgan fingerprint density at radius 1 is 1.40 bits per heavy atom. The van der Waals surface area contributed by atoms with Gasteiger partial charge in [-0.05, 0) is 12.3 Å². The molecule has 2 unspecified atom stereocenters. The molecule has 0 spiro atoms. The highest BCUT2D eigenvalue weighted by molar-refractivity contribution is 7.75. The predicted octanol–water partition coefficient (Wildman–Crippen LogP) is 2.45. The van der Waals surface area contributed by atoms with Gasteiger partial charge in [0.1, 0.15) is 6.61 Å². The molecule has 2 atom stereocenters. The zero-order valence-electron chi connectivity index (χ0n) is 9.53.